The first-order chi connectivity index (χ1) is 61.2. The third kappa shape index (κ3) is 20.5. The second-order valence-corrected chi connectivity index (χ2v) is 36.5. The number of esters is 13. The second-order valence-electron chi connectivity index (χ2n) is 36.5. The molecule has 9 aliphatic rings. The zero-order valence-corrected chi connectivity index (χ0v) is 75.1. The van der Waals surface area contributed by atoms with E-state index in [-0.39, 0.29) is 51.8 Å². The lowest BCUT2D eigenvalue weighted by molar-refractivity contribution is -0.383. The van der Waals surface area contributed by atoms with Crippen LogP contribution in [-0.2, 0) is 138 Å². The summed E-state index contributed by atoms with van der Waals surface area (Å²) in [4.78, 5) is 179. The van der Waals surface area contributed by atoms with Gasteiger partial charge in [-0.05, 0) is 158 Å². The molecule has 13 rings (SSSR count). The SMILES string of the molecule is CC(=O)OC[C@H]1O[C@@H](OC(=O)[C@]23CC[C@@H](C)[C@H](C)[C@H]2C2=CC[C@@H]4[C@@]5(C)CC[C@H](O[C@@H]6OC[C@H](OC(C)=O)[C@H](O[C@@H]7O[C@H](COC(=O)c8ccccc8)[C@@H](OC(=O)c8ccccc8)[C@H](OC(=O)c8ccccc8)[C@H]7OC(=O)c7ccccc7)[C@H]6O[C@@H]6OC[C@@H](OC(C)=O)[C@H](OC(C)=O)[C@H]6OC(C)=O)C(C)(C)[C@@H]5CC[C@@]4(C)[C@]2(C)CC3)[C@H](OC(C)=O)[C@@H](OC(C)=O)[C@@H]1OC(C)=O. The zero-order valence-electron chi connectivity index (χ0n) is 75.1. The van der Waals surface area contributed by atoms with E-state index in [1.54, 1.807) is 72.8 Å². The number of hydrogen-bond acceptors (Lipinski definition) is 33. The fourth-order valence-electron chi connectivity index (χ4n) is 22.0. The van der Waals surface area contributed by atoms with Gasteiger partial charge in [0.05, 0.1) is 47.0 Å². The van der Waals surface area contributed by atoms with Crippen molar-refractivity contribution >= 4 is 77.6 Å². The third-order valence-electron chi connectivity index (χ3n) is 28.1. The van der Waals surface area contributed by atoms with Gasteiger partial charge in [0.2, 0.25) is 12.4 Å². The Kier molecular flexibility index (Phi) is 29.8. The van der Waals surface area contributed by atoms with Gasteiger partial charge in [0.25, 0.3) is 0 Å². The highest BCUT2D eigenvalue weighted by Crippen LogP contribution is 2.76. The van der Waals surface area contributed by atoms with E-state index in [1.165, 1.54) is 48.5 Å². The average molecular weight is 1800 g/mol. The van der Waals surface area contributed by atoms with Crippen LogP contribution in [0.15, 0.2) is 133 Å². The molecule has 4 heterocycles. The molecule has 33 nitrogen and oxygen atoms in total. The Balaban J connectivity index is 0.873. The summed E-state index contributed by atoms with van der Waals surface area (Å²) in [6, 6.07) is 31.0. The Bertz CT molecular complexity index is 4790. The van der Waals surface area contributed by atoms with Crippen LogP contribution in [-0.4, -0.2) is 221 Å². The summed E-state index contributed by atoms with van der Waals surface area (Å²) < 4.78 is 127. The monoisotopic (exact) mass is 1800 g/mol. The van der Waals surface area contributed by atoms with Gasteiger partial charge in [-0.1, -0.05) is 133 Å². The number of benzene rings is 4. The Morgan fingerprint density at radius 1 is 0.364 bits per heavy atom. The van der Waals surface area contributed by atoms with Crippen LogP contribution in [0, 0.1) is 56.7 Å². The molecule has 698 valence electrons. The van der Waals surface area contributed by atoms with Crippen molar-refractivity contribution in [1.82, 2.24) is 0 Å². The van der Waals surface area contributed by atoms with E-state index in [9.17, 15) is 52.7 Å². The fraction of sp³-hybridized carbons (Fsp3) is 0.594. The number of carbonyl (C=O) groups is 13. The second kappa shape index (κ2) is 40.0. The zero-order chi connectivity index (χ0) is 92.9. The maximum absolute atomic E-state index is 15.9. The van der Waals surface area contributed by atoms with Crippen LogP contribution in [0.4, 0.5) is 0 Å². The average Bonchev–Trinajstić information content (AvgIpc) is 0.671. The van der Waals surface area contributed by atoms with Gasteiger partial charge in [0, 0.05) is 55.4 Å². The van der Waals surface area contributed by atoms with E-state index >= 15 is 9.59 Å². The van der Waals surface area contributed by atoms with Crippen LogP contribution in [0.1, 0.15) is 203 Å². The normalized spacial score (nSPS) is 35.4. The molecule has 4 aromatic rings. The summed E-state index contributed by atoms with van der Waals surface area (Å²) in [6.07, 6.45) is -24.6. The molecule has 8 fully saturated rings. The number of hydrogen-bond donors (Lipinski definition) is 0. The van der Waals surface area contributed by atoms with E-state index in [0.717, 1.165) is 61.0 Å². The van der Waals surface area contributed by atoms with E-state index in [1.807, 2.05) is 0 Å². The third-order valence-corrected chi connectivity index (χ3v) is 28.1. The van der Waals surface area contributed by atoms with Gasteiger partial charge >= 0.3 is 77.6 Å². The van der Waals surface area contributed by atoms with E-state index in [2.05, 4.69) is 54.5 Å². The van der Waals surface area contributed by atoms with Crippen molar-refractivity contribution in [3.63, 3.8) is 0 Å². The summed E-state index contributed by atoms with van der Waals surface area (Å²) in [6.45, 7) is 22.1. The van der Waals surface area contributed by atoms with Gasteiger partial charge in [-0.15, -0.1) is 0 Å². The van der Waals surface area contributed by atoms with Gasteiger partial charge in [0.1, 0.15) is 37.6 Å². The first kappa shape index (κ1) is 96.0. The van der Waals surface area contributed by atoms with Crippen LogP contribution in [0.3, 0.4) is 0 Å². The van der Waals surface area contributed by atoms with E-state index in [0.29, 0.717) is 57.8 Å². The molecule has 4 saturated heterocycles. The molecule has 4 aromatic carbocycles. The Hall–Kier alpha value is -10.5. The molecule has 0 N–H and O–H groups in total. The molecule has 4 aliphatic heterocycles. The smallest absolute Gasteiger partial charge is 0.338 e. The van der Waals surface area contributed by atoms with Crippen molar-refractivity contribution in [3.8, 4) is 0 Å². The van der Waals surface area contributed by atoms with E-state index < -0.39 is 248 Å². The molecule has 28 atom stereocenters. The molecule has 33 heteroatoms. The van der Waals surface area contributed by atoms with Gasteiger partial charge in [-0.2, -0.15) is 0 Å². The first-order valence-corrected chi connectivity index (χ1v) is 44.0. The van der Waals surface area contributed by atoms with Crippen molar-refractivity contribution in [2.24, 2.45) is 56.7 Å². The molecule has 0 aromatic heterocycles. The minimum atomic E-state index is -2.11. The van der Waals surface area contributed by atoms with Gasteiger partial charge in [0.15, 0.2) is 73.8 Å². The van der Waals surface area contributed by atoms with Crippen molar-refractivity contribution in [3.05, 3.63) is 155 Å². The standard InChI is InChI=1S/C96H116O33/c1-50-38-43-96(91(109)129-90-81(120-59(10)104)77(118-57(8)102)73(116-55(6)100)67(122-90)46-110-52(3)97)45-44-94(14)64(72(96)51(50)2)36-37-70-93(13)41-40-71(92(11,12)69(93)39-42-95(70,94)15)123-87-80(128-88-79(119-58(9)103)75(117-56(7)101)65(48-113-88)114-53(4)98)76(66(49-112-87)115-54(5)99)127-89-82(126-86(108)63-34-26-19-27-35-63)78(125-85(107)62-32-24-18-25-33-62)74(124-84(106)61-30-22-17-23-31-61)68(121-89)47-111-83(105)60-28-20-16-21-29-60/h16-36,50-51,65-82,87-90H,37-49H2,1-15H3/t50-,51+,65-,66+,67-,68-,69+,70-,71+,72+,73-,74-,75+,76+,77+,78+,79-,80-,81-,82-,87+,88+,89+,90+,93+,94-,95-,96+/m1/s1. The lowest BCUT2D eigenvalue weighted by atomic mass is 9.33. The lowest BCUT2D eigenvalue weighted by Gasteiger charge is -2.71. The molecule has 129 heavy (non-hydrogen) atoms. The highest BCUT2D eigenvalue weighted by Gasteiger charge is 2.71. The van der Waals surface area contributed by atoms with Crippen molar-refractivity contribution in [2.75, 3.05) is 26.4 Å². The minimum Gasteiger partial charge on any atom is -0.463 e. The van der Waals surface area contributed by atoms with Gasteiger partial charge < -0.3 is 94.7 Å². The Morgan fingerprint density at radius 2 is 0.783 bits per heavy atom. The van der Waals surface area contributed by atoms with Gasteiger partial charge in [-0.3, -0.25) is 43.2 Å². The minimum absolute atomic E-state index is 0.0130. The topological polar surface area (TPSA) is 407 Å². The highest BCUT2D eigenvalue weighted by molar-refractivity contribution is 5.92. The maximum Gasteiger partial charge on any atom is 0.338 e. The predicted molar refractivity (Wildman–Crippen MR) is 446 cm³/mol. The molecule has 0 radical (unpaired) electrons. The molecule has 0 bridgehead atoms. The predicted octanol–water partition coefficient (Wildman–Crippen LogP) is 11.1. The van der Waals surface area contributed by atoms with Crippen molar-refractivity contribution < 1.29 is 157 Å². The summed E-state index contributed by atoms with van der Waals surface area (Å²) >= 11 is 0. The summed E-state index contributed by atoms with van der Waals surface area (Å²) in [5.74, 6) is -11.8. The number of carbonyl (C=O) groups excluding carboxylic acids is 13. The Labute approximate surface area is 748 Å². The van der Waals surface area contributed by atoms with Crippen LogP contribution in [0.5, 0.6) is 0 Å². The quantitative estimate of drug-likeness (QED) is 0.0244. The van der Waals surface area contributed by atoms with Crippen molar-refractivity contribution in [2.45, 2.75) is 278 Å². The molecule has 5 aliphatic carbocycles. The molecule has 0 spiro atoms. The fourth-order valence-corrected chi connectivity index (χ4v) is 22.0. The maximum atomic E-state index is 15.9. The number of allylic oxidation sites excluding steroid dienone is 2. The van der Waals surface area contributed by atoms with Crippen LogP contribution < -0.4 is 0 Å². The summed E-state index contributed by atoms with van der Waals surface area (Å²) in [5, 5.41) is 0. The molecular formula is C96H116O33. The van der Waals surface area contributed by atoms with Crippen LogP contribution in [0.25, 0.3) is 0 Å². The highest BCUT2D eigenvalue weighted by atomic mass is 16.8. The summed E-state index contributed by atoms with van der Waals surface area (Å²) in [5.41, 5.74) is -2.13. The van der Waals surface area contributed by atoms with Crippen LogP contribution >= 0.6 is 0 Å². The van der Waals surface area contributed by atoms with Crippen LogP contribution in [0.2, 0.25) is 0 Å². The molecule has 0 unspecified atom stereocenters. The molecule has 4 saturated carbocycles. The van der Waals surface area contributed by atoms with E-state index in [4.69, 9.17) is 94.7 Å². The summed E-state index contributed by atoms with van der Waals surface area (Å²) in [7, 11) is 0. The number of fused-ring (bicyclic) bond motifs is 7. The number of rotatable bonds is 26. The number of ether oxygens (including phenoxy) is 20. The first-order valence-electron chi connectivity index (χ1n) is 44.0. The molecule has 0 amide bonds. The van der Waals surface area contributed by atoms with Crippen molar-refractivity contribution in [1.29, 1.82) is 0 Å². The largest absolute Gasteiger partial charge is 0.463 e. The van der Waals surface area contributed by atoms with Gasteiger partial charge in [-0.25, -0.2) is 19.2 Å². The molecular weight excluding hydrogens is 1680 g/mol. The lowest BCUT2D eigenvalue weighted by Crippen LogP contribution is -2.68. The Morgan fingerprint density at radius 3 is 1.30 bits per heavy atom.